The van der Waals surface area contributed by atoms with E-state index in [9.17, 15) is 25.3 Å². The summed E-state index contributed by atoms with van der Waals surface area (Å²) in [5, 5.41) is 32.2. The Kier molecular flexibility index (Phi) is 5.15. The van der Waals surface area contributed by atoms with Gasteiger partial charge in [-0.3, -0.25) is 14.9 Å². The molecule has 0 aliphatic heterocycles. The lowest BCUT2D eigenvalue weighted by Crippen LogP contribution is -2.14. The molecule has 0 aliphatic rings. The summed E-state index contributed by atoms with van der Waals surface area (Å²) in [4.78, 5) is 22.4. The maximum Gasteiger partial charge on any atom is 0.311 e. The number of rotatable bonds is 4. The number of hydrogen-bond acceptors (Lipinski definition) is 5. The number of aryl methyl sites for hydroxylation is 2. The van der Waals surface area contributed by atoms with Crippen molar-refractivity contribution in [3.8, 4) is 11.8 Å². The van der Waals surface area contributed by atoms with Gasteiger partial charge in [0.25, 0.3) is 5.91 Å². The summed E-state index contributed by atoms with van der Waals surface area (Å²) in [6.45, 7) is 3.76. The maximum absolute atomic E-state index is 12.3. The quantitative estimate of drug-likeness (QED) is 0.383. The Labute approximate surface area is 144 Å². The second kappa shape index (κ2) is 7.27. The molecule has 7 heteroatoms. The normalized spacial score (nSPS) is 10.8. The summed E-state index contributed by atoms with van der Waals surface area (Å²) in [5.74, 6) is -1.11. The van der Waals surface area contributed by atoms with Gasteiger partial charge in [-0.05, 0) is 43.2 Å². The van der Waals surface area contributed by atoms with Gasteiger partial charge in [0, 0.05) is 11.8 Å². The fourth-order valence-electron chi connectivity index (χ4n) is 2.24. The van der Waals surface area contributed by atoms with Gasteiger partial charge in [0.05, 0.1) is 4.92 Å². The van der Waals surface area contributed by atoms with Crippen LogP contribution in [0.3, 0.4) is 0 Å². The zero-order valence-electron chi connectivity index (χ0n) is 13.6. The Bertz CT molecular complexity index is 926. The molecule has 7 nitrogen and oxygen atoms in total. The monoisotopic (exact) mass is 337 g/mol. The number of nitrogens with zero attached hydrogens (tertiary/aromatic N) is 2. The highest BCUT2D eigenvalue weighted by Gasteiger charge is 2.15. The molecule has 0 radical (unpaired) electrons. The van der Waals surface area contributed by atoms with Crippen molar-refractivity contribution in [3.05, 3.63) is 68.8 Å². The molecular weight excluding hydrogens is 322 g/mol. The van der Waals surface area contributed by atoms with Gasteiger partial charge in [0.15, 0.2) is 5.75 Å². The lowest BCUT2D eigenvalue weighted by molar-refractivity contribution is -0.385. The molecule has 2 rings (SSSR count). The van der Waals surface area contributed by atoms with E-state index in [1.807, 2.05) is 26.0 Å². The van der Waals surface area contributed by atoms with Gasteiger partial charge in [-0.1, -0.05) is 23.8 Å². The van der Waals surface area contributed by atoms with Gasteiger partial charge in [-0.25, -0.2) is 0 Å². The topological polar surface area (TPSA) is 116 Å². The maximum atomic E-state index is 12.3. The first kappa shape index (κ1) is 17.7. The summed E-state index contributed by atoms with van der Waals surface area (Å²) in [5.41, 5.74) is 2.03. The third kappa shape index (κ3) is 4.20. The van der Waals surface area contributed by atoms with E-state index >= 15 is 0 Å². The summed E-state index contributed by atoms with van der Waals surface area (Å²) in [6.07, 6.45) is 1.23. The van der Waals surface area contributed by atoms with Crippen molar-refractivity contribution in [3.63, 3.8) is 0 Å². The summed E-state index contributed by atoms with van der Waals surface area (Å²) in [6, 6.07) is 10.9. The number of carbonyl (C=O) groups is 1. The second-order valence-electron chi connectivity index (χ2n) is 5.45. The van der Waals surface area contributed by atoms with E-state index in [2.05, 4.69) is 5.32 Å². The third-order valence-corrected chi connectivity index (χ3v) is 3.50. The number of anilines is 1. The van der Waals surface area contributed by atoms with Gasteiger partial charge < -0.3 is 10.4 Å². The summed E-state index contributed by atoms with van der Waals surface area (Å²) in [7, 11) is 0. The van der Waals surface area contributed by atoms with Gasteiger partial charge in [-0.15, -0.1) is 0 Å². The van der Waals surface area contributed by atoms with Gasteiger partial charge in [-0.2, -0.15) is 5.26 Å². The van der Waals surface area contributed by atoms with Crippen molar-refractivity contribution in [2.45, 2.75) is 13.8 Å². The predicted octanol–water partition coefficient (Wildman–Crippen LogP) is 3.46. The van der Waals surface area contributed by atoms with Crippen molar-refractivity contribution < 1.29 is 14.8 Å². The fraction of sp³-hybridized carbons (Fsp3) is 0.111. The van der Waals surface area contributed by atoms with Crippen LogP contribution in [0.25, 0.3) is 6.08 Å². The molecule has 0 bridgehead atoms. The fourth-order valence-corrected chi connectivity index (χ4v) is 2.24. The van der Waals surface area contributed by atoms with Crippen LogP contribution in [0.5, 0.6) is 5.75 Å². The number of benzene rings is 2. The van der Waals surface area contributed by atoms with E-state index in [1.54, 1.807) is 12.1 Å². The third-order valence-electron chi connectivity index (χ3n) is 3.50. The van der Waals surface area contributed by atoms with Crippen molar-refractivity contribution >= 4 is 23.4 Å². The number of nitriles is 1. The van der Waals surface area contributed by atoms with Crippen LogP contribution in [-0.2, 0) is 4.79 Å². The van der Waals surface area contributed by atoms with Crippen molar-refractivity contribution in [2.75, 3.05) is 5.32 Å². The van der Waals surface area contributed by atoms with E-state index in [0.29, 0.717) is 5.69 Å². The molecule has 1 amide bonds. The highest BCUT2D eigenvalue weighted by atomic mass is 16.6. The Balaban J connectivity index is 2.31. The highest BCUT2D eigenvalue weighted by Crippen LogP contribution is 2.27. The highest BCUT2D eigenvalue weighted by molar-refractivity contribution is 6.10. The molecule has 2 aromatic rings. The largest absolute Gasteiger partial charge is 0.502 e. The molecule has 0 heterocycles. The number of phenols is 1. The Morgan fingerprint density at radius 3 is 2.60 bits per heavy atom. The molecule has 0 aromatic heterocycles. The lowest BCUT2D eigenvalue weighted by Gasteiger charge is -2.08. The number of aromatic hydroxyl groups is 1. The molecular formula is C18H15N3O4. The molecule has 0 saturated heterocycles. The van der Waals surface area contributed by atoms with Crippen LogP contribution in [-0.4, -0.2) is 15.9 Å². The number of hydrogen-bond donors (Lipinski definition) is 2. The molecule has 0 atom stereocenters. The Hall–Kier alpha value is -3.66. The average Bonchev–Trinajstić information content (AvgIpc) is 2.56. The molecule has 25 heavy (non-hydrogen) atoms. The van der Waals surface area contributed by atoms with E-state index < -0.39 is 22.3 Å². The number of nitrogens with one attached hydrogen (secondary N) is 1. The SMILES string of the molecule is Cc1ccc(NC(=O)/C(C#N)=C/c2ccc(O)c([N+](=O)[O-])c2)c(C)c1. The van der Waals surface area contributed by atoms with Crippen molar-refractivity contribution in [1.29, 1.82) is 5.26 Å². The van der Waals surface area contributed by atoms with E-state index in [4.69, 9.17) is 0 Å². The molecule has 0 fully saturated rings. The minimum atomic E-state index is -0.742. The first-order chi connectivity index (χ1) is 11.8. The molecule has 2 N–H and O–H groups in total. The molecule has 126 valence electrons. The Morgan fingerprint density at radius 1 is 1.28 bits per heavy atom. The molecule has 2 aromatic carbocycles. The minimum absolute atomic E-state index is 0.208. The molecule has 0 saturated carbocycles. The van der Waals surface area contributed by atoms with Crippen LogP contribution < -0.4 is 5.32 Å². The van der Waals surface area contributed by atoms with Crippen LogP contribution in [0.2, 0.25) is 0 Å². The van der Waals surface area contributed by atoms with Crippen LogP contribution in [0, 0.1) is 35.3 Å². The van der Waals surface area contributed by atoms with Crippen LogP contribution in [0.15, 0.2) is 42.0 Å². The predicted molar refractivity (Wildman–Crippen MR) is 92.9 cm³/mol. The van der Waals surface area contributed by atoms with E-state index in [0.717, 1.165) is 23.3 Å². The zero-order chi connectivity index (χ0) is 18.6. The standard InChI is InChI=1S/C18H15N3O4/c1-11-3-5-15(12(2)7-11)20-18(23)14(10-19)8-13-4-6-17(22)16(9-13)21(24)25/h3-9,22H,1-2H3,(H,20,23)/b14-8+. The van der Waals surface area contributed by atoms with Gasteiger partial charge in [0.2, 0.25) is 0 Å². The summed E-state index contributed by atoms with van der Waals surface area (Å²) < 4.78 is 0. The van der Waals surface area contributed by atoms with Crippen LogP contribution in [0.1, 0.15) is 16.7 Å². The number of nitro benzene ring substituents is 1. The van der Waals surface area contributed by atoms with Crippen molar-refractivity contribution in [2.24, 2.45) is 0 Å². The summed E-state index contributed by atoms with van der Waals surface area (Å²) >= 11 is 0. The second-order valence-corrected chi connectivity index (χ2v) is 5.45. The van der Waals surface area contributed by atoms with Gasteiger partial charge in [0.1, 0.15) is 11.6 Å². The van der Waals surface area contributed by atoms with Crippen LogP contribution >= 0.6 is 0 Å². The average molecular weight is 337 g/mol. The lowest BCUT2D eigenvalue weighted by atomic mass is 10.1. The number of nitro groups is 1. The minimum Gasteiger partial charge on any atom is -0.502 e. The van der Waals surface area contributed by atoms with Crippen molar-refractivity contribution in [1.82, 2.24) is 0 Å². The molecule has 0 unspecified atom stereocenters. The smallest absolute Gasteiger partial charge is 0.311 e. The van der Waals surface area contributed by atoms with E-state index in [-0.39, 0.29) is 11.1 Å². The van der Waals surface area contributed by atoms with Gasteiger partial charge >= 0.3 is 5.69 Å². The number of carbonyl (C=O) groups excluding carboxylic acids is 1. The first-order valence-electron chi connectivity index (χ1n) is 7.29. The first-order valence-corrected chi connectivity index (χ1v) is 7.29. The number of amides is 1. The molecule has 0 aliphatic carbocycles. The van der Waals surface area contributed by atoms with Crippen LogP contribution in [0.4, 0.5) is 11.4 Å². The Morgan fingerprint density at radius 2 is 2.00 bits per heavy atom. The molecule has 0 spiro atoms. The zero-order valence-corrected chi connectivity index (χ0v) is 13.6. The van der Waals surface area contributed by atoms with E-state index in [1.165, 1.54) is 12.1 Å². The number of phenolic OH excluding ortho intramolecular Hbond substituents is 1.